The second-order valence-corrected chi connectivity index (χ2v) is 5.41. The number of nitrogens with two attached hydrogens (primary N) is 1. The molecule has 1 atom stereocenters. The van der Waals surface area contributed by atoms with Crippen molar-refractivity contribution in [2.45, 2.75) is 6.04 Å². The SMILES string of the molecule is N[C@H](c1ccc(Cl)c(Br)c1)c1cccs1. The summed E-state index contributed by atoms with van der Waals surface area (Å²) in [6, 6.07) is 9.75. The maximum absolute atomic E-state index is 6.13. The van der Waals surface area contributed by atoms with Gasteiger partial charge in [0.15, 0.2) is 0 Å². The summed E-state index contributed by atoms with van der Waals surface area (Å²) < 4.78 is 0.883. The highest BCUT2D eigenvalue weighted by Crippen LogP contribution is 2.29. The zero-order chi connectivity index (χ0) is 10.8. The molecule has 2 N–H and O–H groups in total. The molecule has 2 rings (SSSR count). The lowest BCUT2D eigenvalue weighted by Gasteiger charge is -2.10. The van der Waals surface area contributed by atoms with Gasteiger partial charge in [-0.3, -0.25) is 0 Å². The predicted molar refractivity (Wildman–Crippen MR) is 69.5 cm³/mol. The molecule has 2 aromatic rings. The lowest BCUT2D eigenvalue weighted by atomic mass is 10.1. The molecule has 0 saturated heterocycles. The van der Waals surface area contributed by atoms with Gasteiger partial charge in [0.1, 0.15) is 0 Å². The summed E-state index contributed by atoms with van der Waals surface area (Å²) in [6.45, 7) is 0. The number of hydrogen-bond acceptors (Lipinski definition) is 2. The van der Waals surface area contributed by atoms with Crippen molar-refractivity contribution in [1.82, 2.24) is 0 Å². The van der Waals surface area contributed by atoms with Gasteiger partial charge in [-0.25, -0.2) is 0 Å². The zero-order valence-corrected chi connectivity index (χ0v) is 10.9. The fraction of sp³-hybridized carbons (Fsp3) is 0.0909. The van der Waals surface area contributed by atoms with Crippen molar-refractivity contribution in [3.05, 3.63) is 55.6 Å². The van der Waals surface area contributed by atoms with E-state index in [1.807, 2.05) is 35.7 Å². The molecule has 78 valence electrons. The molecule has 15 heavy (non-hydrogen) atoms. The Morgan fingerprint density at radius 1 is 1.33 bits per heavy atom. The second kappa shape index (κ2) is 4.66. The van der Waals surface area contributed by atoms with E-state index in [9.17, 15) is 0 Å². The molecule has 1 heterocycles. The van der Waals surface area contributed by atoms with E-state index in [4.69, 9.17) is 17.3 Å². The first-order valence-electron chi connectivity index (χ1n) is 4.42. The summed E-state index contributed by atoms with van der Waals surface area (Å²) in [5.41, 5.74) is 7.19. The molecule has 1 aromatic heterocycles. The van der Waals surface area contributed by atoms with Crippen LogP contribution in [-0.4, -0.2) is 0 Å². The molecule has 0 unspecified atom stereocenters. The van der Waals surface area contributed by atoms with Gasteiger partial charge in [0, 0.05) is 9.35 Å². The van der Waals surface area contributed by atoms with Crippen molar-refractivity contribution >= 4 is 38.9 Å². The van der Waals surface area contributed by atoms with Gasteiger partial charge >= 0.3 is 0 Å². The average Bonchev–Trinajstić information content (AvgIpc) is 2.74. The minimum absolute atomic E-state index is 0.0708. The Hall–Kier alpha value is -0.350. The Morgan fingerprint density at radius 3 is 2.73 bits per heavy atom. The van der Waals surface area contributed by atoms with Crippen LogP contribution in [0.25, 0.3) is 0 Å². The van der Waals surface area contributed by atoms with Gasteiger partial charge in [0.2, 0.25) is 0 Å². The van der Waals surface area contributed by atoms with Crippen LogP contribution in [0.15, 0.2) is 40.2 Å². The Balaban J connectivity index is 2.34. The Kier molecular flexibility index (Phi) is 3.46. The van der Waals surface area contributed by atoms with Crippen LogP contribution in [0, 0.1) is 0 Å². The highest BCUT2D eigenvalue weighted by molar-refractivity contribution is 9.10. The van der Waals surface area contributed by atoms with E-state index in [0.29, 0.717) is 5.02 Å². The monoisotopic (exact) mass is 301 g/mol. The average molecular weight is 303 g/mol. The van der Waals surface area contributed by atoms with Gasteiger partial charge in [-0.15, -0.1) is 11.3 Å². The molecule has 0 bridgehead atoms. The van der Waals surface area contributed by atoms with Crippen molar-refractivity contribution < 1.29 is 0 Å². The first-order valence-corrected chi connectivity index (χ1v) is 6.47. The van der Waals surface area contributed by atoms with Gasteiger partial charge in [-0.2, -0.15) is 0 Å². The van der Waals surface area contributed by atoms with Gasteiger partial charge < -0.3 is 5.73 Å². The first kappa shape index (κ1) is 11.1. The van der Waals surface area contributed by atoms with Crippen LogP contribution < -0.4 is 5.73 Å². The van der Waals surface area contributed by atoms with E-state index in [1.54, 1.807) is 11.3 Å². The van der Waals surface area contributed by atoms with E-state index in [1.165, 1.54) is 0 Å². The van der Waals surface area contributed by atoms with Crippen molar-refractivity contribution in [3.63, 3.8) is 0 Å². The van der Waals surface area contributed by atoms with Crippen LogP contribution in [0.1, 0.15) is 16.5 Å². The van der Waals surface area contributed by atoms with Crippen molar-refractivity contribution in [1.29, 1.82) is 0 Å². The molecule has 0 aliphatic rings. The topological polar surface area (TPSA) is 26.0 Å². The molecule has 1 aromatic carbocycles. The highest BCUT2D eigenvalue weighted by Gasteiger charge is 2.10. The minimum Gasteiger partial charge on any atom is -0.320 e. The standard InChI is InChI=1S/C11H9BrClNS/c12-8-6-7(3-4-9(8)13)11(14)10-2-1-5-15-10/h1-6,11H,14H2/t11-/m1/s1. The van der Waals surface area contributed by atoms with E-state index in [2.05, 4.69) is 15.9 Å². The molecule has 0 aliphatic carbocycles. The van der Waals surface area contributed by atoms with Crippen LogP contribution >= 0.6 is 38.9 Å². The summed E-state index contributed by atoms with van der Waals surface area (Å²) in [6.07, 6.45) is 0. The van der Waals surface area contributed by atoms with E-state index < -0.39 is 0 Å². The first-order chi connectivity index (χ1) is 7.18. The molecule has 0 fully saturated rings. The van der Waals surface area contributed by atoms with Gasteiger partial charge in [0.05, 0.1) is 11.1 Å². The molecule has 0 saturated carbocycles. The minimum atomic E-state index is -0.0708. The third kappa shape index (κ3) is 2.42. The largest absolute Gasteiger partial charge is 0.320 e. The molecule has 0 aliphatic heterocycles. The number of benzene rings is 1. The quantitative estimate of drug-likeness (QED) is 0.883. The molecule has 4 heteroatoms. The lowest BCUT2D eigenvalue weighted by Crippen LogP contribution is -2.09. The molecule has 0 spiro atoms. The number of halogens is 2. The Morgan fingerprint density at radius 2 is 2.13 bits per heavy atom. The molecular weight excluding hydrogens is 294 g/mol. The molecule has 1 nitrogen and oxygen atoms in total. The third-order valence-corrected chi connectivity index (χ3v) is 4.32. The Bertz CT molecular complexity index is 456. The summed E-state index contributed by atoms with van der Waals surface area (Å²) in [4.78, 5) is 1.16. The van der Waals surface area contributed by atoms with E-state index in [0.717, 1.165) is 14.9 Å². The van der Waals surface area contributed by atoms with Gasteiger partial charge in [0.25, 0.3) is 0 Å². The number of thiophene rings is 1. The molecular formula is C11H9BrClNS. The lowest BCUT2D eigenvalue weighted by molar-refractivity contribution is 0.892. The zero-order valence-electron chi connectivity index (χ0n) is 7.78. The summed E-state index contributed by atoms with van der Waals surface area (Å²) in [7, 11) is 0. The van der Waals surface area contributed by atoms with Crippen molar-refractivity contribution in [3.8, 4) is 0 Å². The Labute approximate surface area is 106 Å². The van der Waals surface area contributed by atoms with Crippen LogP contribution in [0.2, 0.25) is 5.02 Å². The van der Waals surface area contributed by atoms with E-state index >= 15 is 0 Å². The number of rotatable bonds is 2. The summed E-state index contributed by atoms with van der Waals surface area (Å²) >= 11 is 11.0. The maximum Gasteiger partial charge on any atom is 0.0646 e. The van der Waals surface area contributed by atoms with Crippen LogP contribution in [-0.2, 0) is 0 Å². The number of hydrogen-bond donors (Lipinski definition) is 1. The summed E-state index contributed by atoms with van der Waals surface area (Å²) in [5.74, 6) is 0. The fourth-order valence-corrected chi connectivity index (χ4v) is 2.61. The smallest absolute Gasteiger partial charge is 0.0646 e. The van der Waals surface area contributed by atoms with Gasteiger partial charge in [-0.05, 0) is 45.1 Å². The van der Waals surface area contributed by atoms with Crippen molar-refractivity contribution in [2.75, 3.05) is 0 Å². The van der Waals surface area contributed by atoms with Gasteiger partial charge in [-0.1, -0.05) is 23.7 Å². The molecule has 0 amide bonds. The second-order valence-electron chi connectivity index (χ2n) is 3.17. The van der Waals surface area contributed by atoms with E-state index in [-0.39, 0.29) is 6.04 Å². The fourth-order valence-electron chi connectivity index (χ4n) is 1.34. The summed E-state index contributed by atoms with van der Waals surface area (Å²) in [5, 5.41) is 2.73. The maximum atomic E-state index is 6.13. The van der Waals surface area contributed by atoms with Crippen molar-refractivity contribution in [2.24, 2.45) is 5.73 Å². The third-order valence-electron chi connectivity index (χ3n) is 2.15. The predicted octanol–water partition coefficient (Wildman–Crippen LogP) is 4.21. The molecule has 0 radical (unpaired) electrons. The highest BCUT2D eigenvalue weighted by atomic mass is 79.9. The van der Waals surface area contributed by atoms with Crippen LogP contribution in [0.5, 0.6) is 0 Å². The normalized spacial score (nSPS) is 12.7. The van der Waals surface area contributed by atoms with Crippen LogP contribution in [0.3, 0.4) is 0 Å². The van der Waals surface area contributed by atoms with Crippen LogP contribution in [0.4, 0.5) is 0 Å².